The number of aliphatic hydroxyl groups excluding tert-OH is 1. The van der Waals surface area contributed by atoms with E-state index >= 15 is 0 Å². The van der Waals surface area contributed by atoms with Crippen molar-refractivity contribution in [3.63, 3.8) is 0 Å². The number of hydrogen-bond acceptors (Lipinski definition) is 4. The maximum absolute atomic E-state index is 8.82. The van der Waals surface area contributed by atoms with E-state index in [1.165, 1.54) is 0 Å². The molecule has 0 amide bonds. The van der Waals surface area contributed by atoms with Crippen molar-refractivity contribution < 1.29 is 14.3 Å². The van der Waals surface area contributed by atoms with Gasteiger partial charge >= 0.3 is 0 Å². The van der Waals surface area contributed by atoms with Gasteiger partial charge in [0.1, 0.15) is 23.8 Å². The Kier molecular flexibility index (Phi) is 6.23. The Morgan fingerprint density at radius 3 is 2.74 bits per heavy atom. The zero-order valence-electron chi connectivity index (χ0n) is 15.6. The van der Waals surface area contributed by atoms with Crippen LogP contribution in [0.25, 0.3) is 17.0 Å². The predicted molar refractivity (Wildman–Crippen MR) is 107 cm³/mol. The van der Waals surface area contributed by atoms with Crippen LogP contribution in [0.4, 0.5) is 0 Å². The summed E-state index contributed by atoms with van der Waals surface area (Å²) in [6.07, 6.45) is 5.50. The van der Waals surface area contributed by atoms with Crippen LogP contribution in [0.2, 0.25) is 0 Å². The average Bonchev–Trinajstić information content (AvgIpc) is 3.08. The molecule has 1 N–H and O–H groups in total. The molecule has 27 heavy (non-hydrogen) atoms. The molecular weight excluding hydrogens is 338 g/mol. The predicted octanol–water partition coefficient (Wildman–Crippen LogP) is 5.18. The summed E-state index contributed by atoms with van der Waals surface area (Å²) in [6, 6.07) is 17.7. The van der Waals surface area contributed by atoms with E-state index in [0.717, 1.165) is 33.9 Å². The fourth-order valence-corrected chi connectivity index (χ4v) is 2.62. The number of nitrogens with zero attached hydrogens (tertiary/aromatic N) is 1. The molecule has 1 aromatic heterocycles. The minimum absolute atomic E-state index is 0.0367. The van der Waals surface area contributed by atoms with Crippen LogP contribution in [-0.2, 0) is 6.61 Å². The number of aliphatic hydroxyl groups is 1. The van der Waals surface area contributed by atoms with Crippen LogP contribution in [0.3, 0.4) is 0 Å². The summed E-state index contributed by atoms with van der Waals surface area (Å²) in [5.41, 5.74) is 3.90. The standard InChI is InChI=1S/C23H23NO3/c1-17(9-6-7-14-25)20-12-8-13-21(15-20)26-16-22-18(2)27-23(24-22)19-10-4-3-5-11-19/h3-13,15,25H,14,16H2,1-2H3/b7-6+,17-9+. The van der Waals surface area contributed by atoms with E-state index in [1.807, 2.05) is 80.6 Å². The van der Waals surface area contributed by atoms with Crippen molar-refractivity contribution in [2.45, 2.75) is 20.5 Å². The first kappa shape index (κ1) is 18.7. The maximum atomic E-state index is 8.82. The largest absolute Gasteiger partial charge is 0.487 e. The third kappa shape index (κ3) is 4.96. The number of rotatable bonds is 7. The number of hydrogen-bond donors (Lipinski definition) is 1. The monoisotopic (exact) mass is 361 g/mol. The highest BCUT2D eigenvalue weighted by atomic mass is 16.5. The molecule has 0 radical (unpaired) electrons. The highest BCUT2D eigenvalue weighted by Gasteiger charge is 2.12. The third-order valence-corrected chi connectivity index (χ3v) is 4.17. The van der Waals surface area contributed by atoms with Gasteiger partial charge in [-0.2, -0.15) is 0 Å². The van der Waals surface area contributed by atoms with Crippen LogP contribution < -0.4 is 4.74 Å². The molecule has 0 aliphatic heterocycles. The molecule has 4 nitrogen and oxygen atoms in total. The van der Waals surface area contributed by atoms with E-state index in [4.69, 9.17) is 14.3 Å². The molecule has 3 aromatic rings. The van der Waals surface area contributed by atoms with Crippen molar-refractivity contribution in [1.29, 1.82) is 0 Å². The highest BCUT2D eigenvalue weighted by molar-refractivity contribution is 5.66. The maximum Gasteiger partial charge on any atom is 0.226 e. The molecule has 0 spiro atoms. The lowest BCUT2D eigenvalue weighted by molar-refractivity contribution is 0.299. The number of aromatic nitrogens is 1. The molecule has 0 fully saturated rings. The first-order valence-corrected chi connectivity index (χ1v) is 8.86. The van der Waals surface area contributed by atoms with Crippen LogP contribution in [0.1, 0.15) is 23.9 Å². The van der Waals surface area contributed by atoms with Gasteiger partial charge in [0, 0.05) is 5.56 Å². The van der Waals surface area contributed by atoms with Crippen molar-refractivity contribution in [3.8, 4) is 17.2 Å². The normalized spacial score (nSPS) is 11.9. The van der Waals surface area contributed by atoms with Gasteiger partial charge in [0.25, 0.3) is 0 Å². The van der Waals surface area contributed by atoms with Gasteiger partial charge in [-0.1, -0.05) is 48.6 Å². The first-order chi connectivity index (χ1) is 13.2. The zero-order valence-corrected chi connectivity index (χ0v) is 15.6. The third-order valence-electron chi connectivity index (χ3n) is 4.17. The van der Waals surface area contributed by atoms with Crippen molar-refractivity contribution in [3.05, 3.63) is 89.8 Å². The van der Waals surface area contributed by atoms with Crippen LogP contribution in [0.15, 0.2) is 77.2 Å². The molecule has 0 saturated heterocycles. The van der Waals surface area contributed by atoms with Gasteiger partial charge in [-0.15, -0.1) is 0 Å². The molecule has 138 valence electrons. The second kappa shape index (κ2) is 9.01. The molecular formula is C23H23NO3. The van der Waals surface area contributed by atoms with E-state index in [2.05, 4.69) is 4.98 Å². The summed E-state index contributed by atoms with van der Waals surface area (Å²) in [5, 5.41) is 8.82. The van der Waals surface area contributed by atoms with Gasteiger partial charge in [0.05, 0.1) is 6.61 Å². The van der Waals surface area contributed by atoms with Crippen LogP contribution >= 0.6 is 0 Å². The smallest absolute Gasteiger partial charge is 0.226 e. The van der Waals surface area contributed by atoms with Crippen LogP contribution in [-0.4, -0.2) is 16.7 Å². The summed E-state index contributed by atoms with van der Waals surface area (Å²) in [4.78, 5) is 4.57. The Morgan fingerprint density at radius 1 is 1.15 bits per heavy atom. The molecule has 0 aliphatic carbocycles. The topological polar surface area (TPSA) is 55.5 Å². The molecule has 0 unspecified atom stereocenters. The zero-order chi connectivity index (χ0) is 19.1. The summed E-state index contributed by atoms with van der Waals surface area (Å²) >= 11 is 0. The van der Waals surface area contributed by atoms with Crippen LogP contribution in [0.5, 0.6) is 5.75 Å². The molecule has 0 atom stereocenters. The van der Waals surface area contributed by atoms with E-state index in [1.54, 1.807) is 6.08 Å². The fraction of sp³-hybridized carbons (Fsp3) is 0.174. The Labute approximate surface area is 159 Å². The van der Waals surface area contributed by atoms with E-state index in [0.29, 0.717) is 12.5 Å². The van der Waals surface area contributed by atoms with Gasteiger partial charge < -0.3 is 14.3 Å². The van der Waals surface area contributed by atoms with Gasteiger partial charge in [-0.05, 0) is 49.2 Å². The summed E-state index contributed by atoms with van der Waals surface area (Å²) in [7, 11) is 0. The minimum atomic E-state index is 0.0367. The lowest BCUT2D eigenvalue weighted by Crippen LogP contribution is -1.98. The Balaban J connectivity index is 1.71. The van der Waals surface area contributed by atoms with Crippen molar-refractivity contribution in [1.82, 2.24) is 4.98 Å². The van der Waals surface area contributed by atoms with E-state index in [9.17, 15) is 0 Å². The average molecular weight is 361 g/mol. The van der Waals surface area contributed by atoms with Gasteiger partial charge in [0.2, 0.25) is 5.89 Å². The number of ether oxygens (including phenoxy) is 1. The van der Waals surface area contributed by atoms with Gasteiger partial charge in [-0.25, -0.2) is 4.98 Å². The molecule has 4 heteroatoms. The van der Waals surface area contributed by atoms with E-state index in [-0.39, 0.29) is 6.61 Å². The van der Waals surface area contributed by atoms with Crippen molar-refractivity contribution in [2.24, 2.45) is 0 Å². The second-order valence-electron chi connectivity index (χ2n) is 6.16. The molecule has 2 aromatic carbocycles. The van der Waals surface area contributed by atoms with Crippen molar-refractivity contribution >= 4 is 5.57 Å². The van der Waals surface area contributed by atoms with Crippen LogP contribution in [0, 0.1) is 6.92 Å². The highest BCUT2D eigenvalue weighted by Crippen LogP contribution is 2.24. The SMILES string of the molecule is C/C(=C\C=C\CO)c1cccc(OCc2nc(-c3ccccc3)oc2C)c1. The number of benzene rings is 2. The van der Waals surface area contributed by atoms with Gasteiger partial charge in [0.15, 0.2) is 0 Å². The lowest BCUT2D eigenvalue weighted by atomic mass is 10.1. The Bertz CT molecular complexity index is 939. The molecule has 0 saturated carbocycles. The molecule has 0 bridgehead atoms. The molecule has 1 heterocycles. The molecule has 0 aliphatic rings. The number of aryl methyl sites for hydroxylation is 1. The minimum Gasteiger partial charge on any atom is -0.487 e. The Morgan fingerprint density at radius 2 is 1.96 bits per heavy atom. The number of allylic oxidation sites excluding steroid dienone is 3. The summed E-state index contributed by atoms with van der Waals surface area (Å²) < 4.78 is 11.7. The van der Waals surface area contributed by atoms with E-state index < -0.39 is 0 Å². The Hall–Kier alpha value is -3.11. The van der Waals surface area contributed by atoms with Gasteiger partial charge in [-0.3, -0.25) is 0 Å². The quantitative estimate of drug-likeness (QED) is 0.589. The second-order valence-corrected chi connectivity index (χ2v) is 6.16. The lowest BCUT2D eigenvalue weighted by Gasteiger charge is -2.07. The van der Waals surface area contributed by atoms with Crippen molar-refractivity contribution in [2.75, 3.05) is 6.61 Å². The fourth-order valence-electron chi connectivity index (χ4n) is 2.62. The summed E-state index contributed by atoms with van der Waals surface area (Å²) in [5.74, 6) is 2.14. The molecule has 3 rings (SSSR count). The first-order valence-electron chi connectivity index (χ1n) is 8.86. The number of oxazole rings is 1. The summed E-state index contributed by atoms with van der Waals surface area (Å²) in [6.45, 7) is 4.30.